The van der Waals surface area contributed by atoms with E-state index < -0.39 is 36.0 Å². The second kappa shape index (κ2) is 9.02. The number of hydrogen-bond donors (Lipinski definition) is 2. The molecular formula is C26H23F2NO4. The highest BCUT2D eigenvalue weighted by Crippen LogP contribution is 2.37. The van der Waals surface area contributed by atoms with E-state index in [9.17, 15) is 19.1 Å². The van der Waals surface area contributed by atoms with Crippen LogP contribution in [0.4, 0.5) is 8.78 Å². The van der Waals surface area contributed by atoms with Crippen LogP contribution in [0.3, 0.4) is 0 Å². The quantitative estimate of drug-likeness (QED) is 0.574. The molecular weight excluding hydrogens is 428 g/mol. The van der Waals surface area contributed by atoms with Gasteiger partial charge in [-0.15, -0.1) is 0 Å². The average Bonchev–Trinajstić information content (AvgIpc) is 2.75. The number of carboxylic acids is 1. The Balaban J connectivity index is 1.94. The summed E-state index contributed by atoms with van der Waals surface area (Å²) in [4.78, 5) is 24.3. The first-order valence-corrected chi connectivity index (χ1v) is 10.5. The zero-order valence-electron chi connectivity index (χ0n) is 18.2. The third-order valence-electron chi connectivity index (χ3n) is 5.75. The van der Waals surface area contributed by atoms with Crippen LogP contribution < -0.4 is 10.1 Å². The van der Waals surface area contributed by atoms with E-state index in [0.717, 1.165) is 11.1 Å². The van der Waals surface area contributed by atoms with Gasteiger partial charge in [-0.3, -0.25) is 9.59 Å². The lowest BCUT2D eigenvalue weighted by atomic mass is 9.92. The molecule has 0 aliphatic carbocycles. The molecule has 0 saturated heterocycles. The number of benzene rings is 3. The first kappa shape index (κ1) is 22.5. The molecule has 1 aliphatic heterocycles. The summed E-state index contributed by atoms with van der Waals surface area (Å²) in [6, 6.07) is 12.0. The first-order valence-electron chi connectivity index (χ1n) is 10.5. The number of carboxylic acid groups (broad SMARTS) is 1. The van der Waals surface area contributed by atoms with Crippen LogP contribution in [0.1, 0.15) is 40.3 Å². The standard InChI is InChI=1S/C26H23F2NO4/c1-14-4-3-5-22-25(14)18-8-15(2)26(28)19(10-18)21(12-24(31)32)29-23(30)11-17-9-16(13-33-22)6-7-20(17)27/h3-10,21H,11-13H2,1-2H3,(H,29,30)(H,31,32). The van der Waals surface area contributed by atoms with Gasteiger partial charge in [0.25, 0.3) is 0 Å². The zero-order chi connectivity index (χ0) is 23.7. The van der Waals surface area contributed by atoms with Crippen LogP contribution in [0.2, 0.25) is 0 Å². The molecule has 1 aliphatic rings. The van der Waals surface area contributed by atoms with Gasteiger partial charge in [-0.1, -0.05) is 18.2 Å². The molecule has 0 spiro atoms. The van der Waals surface area contributed by atoms with Gasteiger partial charge in [0.15, 0.2) is 0 Å². The molecule has 7 heteroatoms. The van der Waals surface area contributed by atoms with Crippen LogP contribution in [0.15, 0.2) is 48.5 Å². The fourth-order valence-corrected chi connectivity index (χ4v) is 4.17. The second-order valence-corrected chi connectivity index (χ2v) is 8.25. The van der Waals surface area contributed by atoms with Gasteiger partial charge in [0.1, 0.15) is 24.0 Å². The van der Waals surface area contributed by atoms with Crippen molar-refractivity contribution < 1.29 is 28.2 Å². The number of fused-ring (bicyclic) bond motifs is 6. The van der Waals surface area contributed by atoms with Gasteiger partial charge in [0.2, 0.25) is 5.91 Å². The molecule has 33 heavy (non-hydrogen) atoms. The zero-order valence-corrected chi connectivity index (χ0v) is 18.2. The van der Waals surface area contributed by atoms with Crippen molar-refractivity contribution in [3.8, 4) is 16.9 Å². The summed E-state index contributed by atoms with van der Waals surface area (Å²) in [5, 5.41) is 12.0. The van der Waals surface area contributed by atoms with Crippen molar-refractivity contribution in [2.45, 2.75) is 39.3 Å². The molecule has 1 heterocycles. The fraction of sp³-hybridized carbons (Fsp3) is 0.231. The lowest BCUT2D eigenvalue weighted by Gasteiger charge is -2.22. The highest BCUT2D eigenvalue weighted by atomic mass is 19.1. The molecule has 5 nitrogen and oxygen atoms in total. The average molecular weight is 451 g/mol. The number of aliphatic carboxylic acids is 1. The Bertz CT molecular complexity index is 1260. The van der Waals surface area contributed by atoms with Gasteiger partial charge in [0, 0.05) is 11.1 Å². The number of amides is 1. The summed E-state index contributed by atoms with van der Waals surface area (Å²) >= 11 is 0. The van der Waals surface area contributed by atoms with E-state index in [1.165, 1.54) is 6.07 Å². The van der Waals surface area contributed by atoms with Crippen molar-refractivity contribution in [1.29, 1.82) is 0 Å². The van der Waals surface area contributed by atoms with Gasteiger partial charge < -0.3 is 15.2 Å². The van der Waals surface area contributed by atoms with Crippen molar-refractivity contribution in [2.24, 2.45) is 0 Å². The van der Waals surface area contributed by atoms with E-state index in [1.807, 2.05) is 19.1 Å². The van der Waals surface area contributed by atoms with Gasteiger partial charge in [-0.25, -0.2) is 8.78 Å². The minimum absolute atomic E-state index is 0.0567. The van der Waals surface area contributed by atoms with Crippen molar-refractivity contribution in [3.63, 3.8) is 0 Å². The highest BCUT2D eigenvalue weighted by Gasteiger charge is 2.25. The van der Waals surface area contributed by atoms with Crippen molar-refractivity contribution in [2.75, 3.05) is 0 Å². The Labute approximate surface area is 190 Å². The molecule has 1 unspecified atom stereocenters. The van der Waals surface area contributed by atoms with Crippen molar-refractivity contribution >= 4 is 11.9 Å². The molecule has 0 fully saturated rings. The number of hydrogen-bond acceptors (Lipinski definition) is 3. The maximum atomic E-state index is 15.2. The van der Waals surface area contributed by atoms with Crippen molar-refractivity contribution in [1.82, 2.24) is 5.32 Å². The van der Waals surface area contributed by atoms with E-state index in [2.05, 4.69) is 5.32 Å². The largest absolute Gasteiger partial charge is 0.488 e. The van der Waals surface area contributed by atoms with Gasteiger partial charge in [-0.2, -0.15) is 0 Å². The summed E-state index contributed by atoms with van der Waals surface area (Å²) < 4.78 is 35.6. The molecule has 4 bridgehead atoms. The molecule has 2 N–H and O–H groups in total. The fourth-order valence-electron chi connectivity index (χ4n) is 4.17. The summed E-state index contributed by atoms with van der Waals surface area (Å²) in [5.74, 6) is -2.39. The van der Waals surface area contributed by atoms with E-state index in [4.69, 9.17) is 4.74 Å². The van der Waals surface area contributed by atoms with Crippen molar-refractivity contribution in [3.05, 3.63) is 88.0 Å². The van der Waals surface area contributed by atoms with E-state index >= 15 is 4.39 Å². The minimum Gasteiger partial charge on any atom is -0.488 e. The number of rotatable bonds is 2. The third-order valence-corrected chi connectivity index (χ3v) is 5.75. The number of aryl methyl sites for hydroxylation is 2. The lowest BCUT2D eigenvalue weighted by Crippen LogP contribution is -2.32. The molecule has 0 aromatic heterocycles. The Hall–Kier alpha value is -3.74. The van der Waals surface area contributed by atoms with Gasteiger partial charge in [-0.05, 0) is 72.0 Å². The molecule has 4 rings (SSSR count). The topological polar surface area (TPSA) is 75.6 Å². The Morgan fingerprint density at radius 3 is 2.67 bits per heavy atom. The Morgan fingerprint density at radius 1 is 1.12 bits per heavy atom. The molecule has 0 radical (unpaired) electrons. The molecule has 1 amide bonds. The number of carbonyl (C=O) groups excluding carboxylic acids is 1. The molecule has 3 aromatic carbocycles. The van der Waals surface area contributed by atoms with E-state index in [0.29, 0.717) is 22.4 Å². The summed E-state index contributed by atoms with van der Waals surface area (Å²) in [7, 11) is 0. The number of ether oxygens (including phenoxy) is 1. The SMILES string of the molecule is Cc1cc2cc(c1F)C(CC(=O)O)NC(=O)Cc1cc(ccc1F)COc1cccc(C)c1-2. The summed E-state index contributed by atoms with van der Waals surface area (Å²) in [5.41, 5.74) is 3.47. The predicted octanol–water partition coefficient (Wildman–Crippen LogP) is 5.02. The molecule has 3 aromatic rings. The number of halogens is 2. The Morgan fingerprint density at radius 2 is 1.91 bits per heavy atom. The van der Waals surface area contributed by atoms with Crippen LogP contribution in [0, 0.1) is 25.5 Å². The highest BCUT2D eigenvalue weighted by molar-refractivity contribution is 5.81. The van der Waals surface area contributed by atoms with Crippen LogP contribution >= 0.6 is 0 Å². The normalized spacial score (nSPS) is 15.6. The summed E-state index contributed by atoms with van der Waals surface area (Å²) in [6.07, 6.45) is -0.836. The number of nitrogens with one attached hydrogen (secondary N) is 1. The Kier molecular flexibility index (Phi) is 6.14. The molecule has 0 saturated carbocycles. The maximum absolute atomic E-state index is 15.2. The van der Waals surface area contributed by atoms with E-state index in [1.54, 1.807) is 37.3 Å². The third kappa shape index (κ3) is 4.72. The van der Waals surface area contributed by atoms with Crippen LogP contribution in [-0.2, 0) is 22.6 Å². The predicted molar refractivity (Wildman–Crippen MR) is 119 cm³/mol. The minimum atomic E-state index is -1.20. The monoisotopic (exact) mass is 451 g/mol. The lowest BCUT2D eigenvalue weighted by molar-refractivity contribution is -0.137. The smallest absolute Gasteiger partial charge is 0.305 e. The second-order valence-electron chi connectivity index (χ2n) is 8.25. The van der Waals surface area contributed by atoms with E-state index in [-0.39, 0.29) is 24.2 Å². The van der Waals surface area contributed by atoms with Crippen LogP contribution in [0.5, 0.6) is 5.75 Å². The summed E-state index contributed by atoms with van der Waals surface area (Å²) in [6.45, 7) is 3.64. The van der Waals surface area contributed by atoms with Gasteiger partial charge in [0.05, 0.1) is 18.9 Å². The number of carbonyl (C=O) groups is 2. The first-order chi connectivity index (χ1) is 15.7. The van der Waals surface area contributed by atoms with Crippen LogP contribution in [-0.4, -0.2) is 17.0 Å². The van der Waals surface area contributed by atoms with Crippen LogP contribution in [0.25, 0.3) is 11.1 Å². The molecule has 170 valence electrons. The van der Waals surface area contributed by atoms with Gasteiger partial charge >= 0.3 is 5.97 Å². The molecule has 1 atom stereocenters. The maximum Gasteiger partial charge on any atom is 0.305 e.